The summed E-state index contributed by atoms with van der Waals surface area (Å²) in [5.74, 6) is 1.65. The highest BCUT2D eigenvalue weighted by molar-refractivity contribution is 9.11. The summed E-state index contributed by atoms with van der Waals surface area (Å²) in [6, 6.07) is 2.73. The van der Waals surface area contributed by atoms with Crippen molar-refractivity contribution in [3.63, 3.8) is 0 Å². The molecule has 2 aliphatic rings. The lowest BCUT2D eigenvalue weighted by molar-refractivity contribution is 0.228. The Morgan fingerprint density at radius 2 is 2.28 bits per heavy atom. The Morgan fingerprint density at radius 3 is 3.00 bits per heavy atom. The van der Waals surface area contributed by atoms with Gasteiger partial charge in [0.1, 0.15) is 0 Å². The first kappa shape index (κ1) is 13.0. The van der Waals surface area contributed by atoms with Crippen molar-refractivity contribution in [2.24, 2.45) is 11.8 Å². The van der Waals surface area contributed by atoms with Crippen molar-refractivity contribution in [2.75, 3.05) is 19.6 Å². The van der Waals surface area contributed by atoms with Crippen molar-refractivity contribution in [3.8, 4) is 0 Å². The zero-order valence-electron chi connectivity index (χ0n) is 10.4. The highest BCUT2D eigenvalue weighted by atomic mass is 79.9. The van der Waals surface area contributed by atoms with Crippen LogP contribution in [0.3, 0.4) is 0 Å². The molecular weight excluding hydrogens is 358 g/mol. The van der Waals surface area contributed by atoms with Crippen LogP contribution in [0.2, 0.25) is 0 Å². The number of nitrogens with zero attached hydrogens (tertiary/aromatic N) is 2. The molecule has 2 aliphatic heterocycles. The second-order valence-corrected chi connectivity index (χ2v) is 7.10. The summed E-state index contributed by atoms with van der Waals surface area (Å²) in [6.45, 7) is 6.85. The molecule has 98 valence electrons. The Morgan fingerprint density at radius 1 is 1.44 bits per heavy atom. The third kappa shape index (κ3) is 2.38. The number of pyridine rings is 1. The molecule has 3 unspecified atom stereocenters. The highest BCUT2D eigenvalue weighted by Crippen LogP contribution is 2.34. The van der Waals surface area contributed by atoms with Crippen molar-refractivity contribution < 1.29 is 0 Å². The molecule has 3 atom stereocenters. The lowest BCUT2D eigenvalue weighted by atomic mass is 9.95. The maximum absolute atomic E-state index is 4.52. The van der Waals surface area contributed by atoms with Gasteiger partial charge in [0.2, 0.25) is 0 Å². The molecule has 0 bridgehead atoms. The number of halogens is 2. The zero-order chi connectivity index (χ0) is 12.7. The van der Waals surface area contributed by atoms with Crippen LogP contribution in [0.15, 0.2) is 21.2 Å². The van der Waals surface area contributed by atoms with Crippen LogP contribution in [-0.2, 0) is 6.54 Å². The zero-order valence-corrected chi connectivity index (χ0v) is 13.5. The molecular formula is C13H17Br2N3. The van der Waals surface area contributed by atoms with Crippen molar-refractivity contribution in [1.29, 1.82) is 0 Å². The van der Waals surface area contributed by atoms with Crippen LogP contribution in [0.25, 0.3) is 0 Å². The van der Waals surface area contributed by atoms with E-state index in [-0.39, 0.29) is 0 Å². The molecule has 1 aromatic heterocycles. The Balaban J connectivity index is 1.73. The Hall–Kier alpha value is 0.0300. The van der Waals surface area contributed by atoms with Gasteiger partial charge < -0.3 is 5.32 Å². The third-order valence-corrected chi connectivity index (χ3v) is 5.41. The topological polar surface area (TPSA) is 28.2 Å². The van der Waals surface area contributed by atoms with Crippen molar-refractivity contribution in [3.05, 3.63) is 26.9 Å². The molecule has 5 heteroatoms. The number of aromatic nitrogens is 1. The summed E-state index contributed by atoms with van der Waals surface area (Å²) in [7, 11) is 0. The molecule has 1 aromatic rings. The summed E-state index contributed by atoms with van der Waals surface area (Å²) >= 11 is 7.05. The number of hydrogen-bond donors (Lipinski definition) is 1. The smallest absolute Gasteiger partial charge is 0.0686 e. The summed E-state index contributed by atoms with van der Waals surface area (Å²) in [5.41, 5.74) is 1.14. The van der Waals surface area contributed by atoms with Gasteiger partial charge in [-0.05, 0) is 69.8 Å². The largest absolute Gasteiger partial charge is 0.316 e. The van der Waals surface area contributed by atoms with Gasteiger partial charge in [0, 0.05) is 34.3 Å². The Labute approximate surface area is 125 Å². The van der Waals surface area contributed by atoms with E-state index in [2.05, 4.69) is 60.1 Å². The monoisotopic (exact) mass is 373 g/mol. The van der Waals surface area contributed by atoms with E-state index in [4.69, 9.17) is 0 Å². The first-order valence-electron chi connectivity index (χ1n) is 6.40. The van der Waals surface area contributed by atoms with Crippen LogP contribution in [0, 0.1) is 11.8 Å². The minimum atomic E-state index is 0.655. The predicted octanol–water partition coefficient (Wildman–Crippen LogP) is 2.65. The fraction of sp³-hybridized carbons (Fsp3) is 0.615. The molecule has 3 heterocycles. The molecule has 3 rings (SSSR count). The van der Waals surface area contributed by atoms with Crippen LogP contribution in [-0.4, -0.2) is 35.6 Å². The third-order valence-electron chi connectivity index (χ3n) is 4.29. The second-order valence-electron chi connectivity index (χ2n) is 5.33. The average Bonchev–Trinajstić information content (AvgIpc) is 2.88. The fourth-order valence-corrected chi connectivity index (χ4v) is 4.33. The first-order chi connectivity index (χ1) is 8.65. The average molecular weight is 375 g/mol. The van der Waals surface area contributed by atoms with Gasteiger partial charge in [0.05, 0.1) is 5.69 Å². The van der Waals surface area contributed by atoms with Crippen LogP contribution in [0.1, 0.15) is 12.6 Å². The molecule has 0 spiro atoms. The van der Waals surface area contributed by atoms with Crippen molar-refractivity contribution in [2.45, 2.75) is 19.5 Å². The highest BCUT2D eigenvalue weighted by Gasteiger charge is 2.41. The number of nitrogens with one attached hydrogen (secondary N) is 1. The number of rotatable bonds is 2. The summed E-state index contributed by atoms with van der Waals surface area (Å²) < 4.78 is 2.12. The van der Waals surface area contributed by atoms with Gasteiger partial charge in [-0.2, -0.15) is 0 Å². The molecule has 18 heavy (non-hydrogen) atoms. The lowest BCUT2D eigenvalue weighted by Gasteiger charge is -2.24. The van der Waals surface area contributed by atoms with E-state index in [1.807, 2.05) is 6.20 Å². The lowest BCUT2D eigenvalue weighted by Crippen LogP contribution is -2.33. The van der Waals surface area contributed by atoms with Gasteiger partial charge in [-0.25, -0.2) is 0 Å². The molecule has 0 aromatic carbocycles. The van der Waals surface area contributed by atoms with Gasteiger partial charge in [-0.15, -0.1) is 0 Å². The van der Waals surface area contributed by atoms with E-state index in [9.17, 15) is 0 Å². The number of hydrogen-bond acceptors (Lipinski definition) is 3. The van der Waals surface area contributed by atoms with Crippen molar-refractivity contribution in [1.82, 2.24) is 15.2 Å². The van der Waals surface area contributed by atoms with E-state index in [0.29, 0.717) is 6.04 Å². The first-order valence-corrected chi connectivity index (χ1v) is 7.98. The molecule has 0 amide bonds. The van der Waals surface area contributed by atoms with Crippen LogP contribution in [0.4, 0.5) is 0 Å². The predicted molar refractivity (Wildman–Crippen MR) is 79.4 cm³/mol. The van der Waals surface area contributed by atoms with Gasteiger partial charge >= 0.3 is 0 Å². The minimum absolute atomic E-state index is 0.655. The Bertz CT molecular complexity index is 452. The Kier molecular flexibility index (Phi) is 3.76. The maximum atomic E-state index is 4.52. The standard InChI is InChI=1S/C13H17Br2N3/c1-8-11-5-16-3-9(11)6-18(8)7-13-12(15)2-10(14)4-17-13/h2,4,8-9,11,16H,3,5-7H2,1H3. The van der Waals surface area contributed by atoms with E-state index < -0.39 is 0 Å². The SMILES string of the molecule is CC1C2CNCC2CN1Cc1ncc(Br)cc1Br. The van der Waals surface area contributed by atoms with Crippen molar-refractivity contribution >= 4 is 31.9 Å². The van der Waals surface area contributed by atoms with E-state index >= 15 is 0 Å². The summed E-state index contributed by atoms with van der Waals surface area (Å²) in [6.07, 6.45) is 1.88. The van der Waals surface area contributed by atoms with Gasteiger partial charge in [-0.1, -0.05) is 0 Å². The van der Waals surface area contributed by atoms with E-state index in [1.165, 1.54) is 19.6 Å². The summed E-state index contributed by atoms with van der Waals surface area (Å²) in [5, 5.41) is 3.50. The van der Waals surface area contributed by atoms with E-state index in [1.54, 1.807) is 0 Å². The van der Waals surface area contributed by atoms with Gasteiger partial charge in [-0.3, -0.25) is 9.88 Å². The van der Waals surface area contributed by atoms with E-state index in [0.717, 1.165) is 33.0 Å². The number of likely N-dealkylation sites (tertiary alicyclic amines) is 1. The summed E-state index contributed by atoms with van der Waals surface area (Å²) in [4.78, 5) is 7.09. The van der Waals surface area contributed by atoms with Gasteiger partial charge in [0.15, 0.2) is 0 Å². The molecule has 0 aliphatic carbocycles. The minimum Gasteiger partial charge on any atom is -0.316 e. The molecule has 2 fully saturated rings. The molecule has 2 saturated heterocycles. The molecule has 0 saturated carbocycles. The van der Waals surface area contributed by atoms with Crippen LogP contribution in [0.5, 0.6) is 0 Å². The normalized spacial score (nSPS) is 31.8. The van der Waals surface area contributed by atoms with Crippen LogP contribution >= 0.6 is 31.9 Å². The molecule has 3 nitrogen and oxygen atoms in total. The molecule has 1 N–H and O–H groups in total. The fourth-order valence-electron chi connectivity index (χ4n) is 3.22. The quantitative estimate of drug-likeness (QED) is 0.862. The second kappa shape index (κ2) is 5.19. The number of fused-ring (bicyclic) bond motifs is 1. The molecule has 0 radical (unpaired) electrons. The van der Waals surface area contributed by atoms with Gasteiger partial charge in [0.25, 0.3) is 0 Å². The van der Waals surface area contributed by atoms with Crippen LogP contribution < -0.4 is 5.32 Å². The maximum Gasteiger partial charge on any atom is 0.0686 e.